The third-order valence-electron chi connectivity index (χ3n) is 2.12. The Labute approximate surface area is 100 Å². The Morgan fingerprint density at radius 1 is 1.33 bits per heavy atom. The Morgan fingerprint density at radius 2 is 2.00 bits per heavy atom. The highest BCUT2D eigenvalue weighted by Gasteiger charge is 2.08. The first-order chi connectivity index (χ1) is 6.99. The molecule has 1 rings (SSSR count). The third-order valence-corrected chi connectivity index (χ3v) is 2.96. The van der Waals surface area contributed by atoms with Crippen LogP contribution >= 0.6 is 15.9 Å². The Bertz CT molecular complexity index is 325. The Morgan fingerprint density at radius 3 is 2.53 bits per heavy atom. The van der Waals surface area contributed by atoms with E-state index in [1.165, 1.54) is 0 Å². The van der Waals surface area contributed by atoms with E-state index in [4.69, 9.17) is 4.74 Å². The largest absolute Gasteiger partial charge is 0.475 e. The minimum absolute atomic E-state index is 0.220. The minimum atomic E-state index is 0.220. The van der Waals surface area contributed by atoms with Crippen molar-refractivity contribution in [1.82, 2.24) is 4.98 Å². The van der Waals surface area contributed by atoms with E-state index >= 15 is 0 Å². The molecule has 0 saturated carbocycles. The van der Waals surface area contributed by atoms with Crippen LogP contribution in [0.4, 0.5) is 0 Å². The lowest BCUT2D eigenvalue weighted by molar-refractivity contribution is 0.185. The Hall–Kier alpha value is -0.570. The summed E-state index contributed by atoms with van der Waals surface area (Å²) in [5, 5.41) is 0. The van der Waals surface area contributed by atoms with Crippen LogP contribution in [0, 0.1) is 12.8 Å². The Kier molecular flexibility index (Phi) is 4.58. The van der Waals surface area contributed by atoms with E-state index < -0.39 is 0 Å². The first kappa shape index (κ1) is 12.5. The number of nitrogens with zero attached hydrogens (tertiary/aromatic N) is 1. The van der Waals surface area contributed by atoms with Crippen molar-refractivity contribution in [2.75, 3.05) is 0 Å². The number of ether oxygens (including phenoxy) is 1. The van der Waals surface area contributed by atoms with Crippen molar-refractivity contribution in [3.8, 4) is 5.88 Å². The molecule has 1 aromatic heterocycles. The van der Waals surface area contributed by atoms with Gasteiger partial charge in [0.2, 0.25) is 5.88 Å². The lowest BCUT2D eigenvalue weighted by atomic mass is 10.1. The Balaban J connectivity index is 2.60. The van der Waals surface area contributed by atoms with Crippen molar-refractivity contribution in [2.24, 2.45) is 5.92 Å². The van der Waals surface area contributed by atoms with Crippen molar-refractivity contribution < 1.29 is 4.74 Å². The van der Waals surface area contributed by atoms with E-state index in [2.05, 4.69) is 41.7 Å². The van der Waals surface area contributed by atoms with Gasteiger partial charge >= 0.3 is 0 Å². The summed E-state index contributed by atoms with van der Waals surface area (Å²) < 4.78 is 6.75. The van der Waals surface area contributed by atoms with Crippen molar-refractivity contribution in [3.63, 3.8) is 0 Å². The molecule has 0 spiro atoms. The summed E-state index contributed by atoms with van der Waals surface area (Å²) in [4.78, 5) is 4.35. The number of hydrogen-bond donors (Lipinski definition) is 0. The van der Waals surface area contributed by atoms with Gasteiger partial charge in [0.15, 0.2) is 0 Å². The molecule has 0 fully saturated rings. The second-order valence-electron chi connectivity index (χ2n) is 4.27. The van der Waals surface area contributed by atoms with E-state index in [0.717, 1.165) is 16.6 Å². The number of halogens is 1. The molecule has 0 amide bonds. The lowest BCUT2D eigenvalue weighted by Gasteiger charge is -2.16. The fraction of sp³-hybridized carbons (Fsp3) is 0.583. The third kappa shape index (κ3) is 4.20. The zero-order valence-electron chi connectivity index (χ0n) is 9.75. The van der Waals surface area contributed by atoms with Gasteiger partial charge in [0, 0.05) is 10.5 Å². The average molecular weight is 272 g/mol. The van der Waals surface area contributed by atoms with Gasteiger partial charge in [-0.1, -0.05) is 13.8 Å². The van der Waals surface area contributed by atoms with Gasteiger partial charge in [-0.25, -0.2) is 4.98 Å². The highest BCUT2D eigenvalue weighted by atomic mass is 79.9. The highest BCUT2D eigenvalue weighted by Crippen LogP contribution is 2.19. The molecule has 0 N–H and O–H groups in total. The molecule has 84 valence electrons. The van der Waals surface area contributed by atoms with Gasteiger partial charge in [0.05, 0.1) is 11.8 Å². The molecule has 0 aromatic carbocycles. The first-order valence-electron chi connectivity index (χ1n) is 5.29. The SMILES string of the molecule is Cc1nc(OC(C)CC(C)C)ccc1Br. The molecule has 1 aromatic rings. The van der Waals surface area contributed by atoms with E-state index in [9.17, 15) is 0 Å². The second kappa shape index (κ2) is 5.50. The zero-order valence-corrected chi connectivity index (χ0v) is 11.3. The van der Waals surface area contributed by atoms with Gasteiger partial charge in [-0.2, -0.15) is 0 Å². The predicted octanol–water partition coefficient (Wildman–Crippen LogP) is 3.97. The molecule has 1 unspecified atom stereocenters. The molecule has 3 heteroatoms. The van der Waals surface area contributed by atoms with E-state index in [1.54, 1.807) is 0 Å². The number of rotatable bonds is 4. The number of hydrogen-bond acceptors (Lipinski definition) is 2. The molecular formula is C12H18BrNO. The van der Waals surface area contributed by atoms with Crippen LogP contribution in [0.5, 0.6) is 5.88 Å². The van der Waals surface area contributed by atoms with Crippen LogP contribution in [0.2, 0.25) is 0 Å². The molecule has 0 aliphatic rings. The average Bonchev–Trinajstić information content (AvgIpc) is 2.10. The predicted molar refractivity (Wildman–Crippen MR) is 66.2 cm³/mol. The summed E-state index contributed by atoms with van der Waals surface area (Å²) in [7, 11) is 0. The van der Waals surface area contributed by atoms with Gasteiger partial charge in [-0.3, -0.25) is 0 Å². The van der Waals surface area contributed by atoms with Crippen LogP contribution in [-0.4, -0.2) is 11.1 Å². The minimum Gasteiger partial charge on any atom is -0.475 e. The number of aromatic nitrogens is 1. The normalized spacial score (nSPS) is 12.9. The van der Waals surface area contributed by atoms with Gasteiger partial charge in [-0.15, -0.1) is 0 Å². The molecule has 0 bridgehead atoms. The van der Waals surface area contributed by atoms with Gasteiger partial charge in [-0.05, 0) is 48.2 Å². The standard InChI is InChI=1S/C12H18BrNO/c1-8(2)7-9(3)15-12-6-5-11(13)10(4)14-12/h5-6,8-9H,7H2,1-4H3. The molecule has 0 aliphatic heterocycles. The second-order valence-corrected chi connectivity index (χ2v) is 5.13. The van der Waals surface area contributed by atoms with E-state index in [1.807, 2.05) is 19.1 Å². The van der Waals surface area contributed by atoms with Crippen LogP contribution < -0.4 is 4.74 Å². The van der Waals surface area contributed by atoms with E-state index in [0.29, 0.717) is 11.8 Å². The number of aryl methyl sites for hydroxylation is 1. The topological polar surface area (TPSA) is 22.1 Å². The lowest BCUT2D eigenvalue weighted by Crippen LogP contribution is -2.15. The smallest absolute Gasteiger partial charge is 0.213 e. The van der Waals surface area contributed by atoms with Gasteiger partial charge in [0.25, 0.3) is 0 Å². The molecule has 0 aliphatic carbocycles. The molecular weight excluding hydrogens is 254 g/mol. The van der Waals surface area contributed by atoms with Crippen LogP contribution in [0.15, 0.2) is 16.6 Å². The molecule has 0 saturated heterocycles. The molecule has 1 atom stereocenters. The van der Waals surface area contributed by atoms with Crippen molar-refractivity contribution in [3.05, 3.63) is 22.3 Å². The fourth-order valence-electron chi connectivity index (χ4n) is 1.50. The van der Waals surface area contributed by atoms with E-state index in [-0.39, 0.29) is 6.10 Å². The van der Waals surface area contributed by atoms with Crippen LogP contribution in [0.1, 0.15) is 32.9 Å². The van der Waals surface area contributed by atoms with Crippen molar-refractivity contribution >= 4 is 15.9 Å². The summed E-state index contributed by atoms with van der Waals surface area (Å²) in [6.45, 7) is 8.43. The summed E-state index contributed by atoms with van der Waals surface area (Å²) in [5.41, 5.74) is 0.962. The van der Waals surface area contributed by atoms with Crippen LogP contribution in [0.3, 0.4) is 0 Å². The number of pyridine rings is 1. The molecule has 2 nitrogen and oxygen atoms in total. The maximum Gasteiger partial charge on any atom is 0.213 e. The summed E-state index contributed by atoms with van der Waals surface area (Å²) in [6.07, 6.45) is 1.27. The fourth-order valence-corrected chi connectivity index (χ4v) is 1.73. The molecule has 1 heterocycles. The van der Waals surface area contributed by atoms with Crippen LogP contribution in [-0.2, 0) is 0 Å². The maximum absolute atomic E-state index is 5.73. The monoisotopic (exact) mass is 271 g/mol. The zero-order chi connectivity index (χ0) is 11.4. The van der Waals surface area contributed by atoms with Gasteiger partial charge < -0.3 is 4.74 Å². The maximum atomic E-state index is 5.73. The van der Waals surface area contributed by atoms with Gasteiger partial charge in [0.1, 0.15) is 0 Å². The molecule has 0 radical (unpaired) electrons. The first-order valence-corrected chi connectivity index (χ1v) is 6.08. The highest BCUT2D eigenvalue weighted by molar-refractivity contribution is 9.10. The molecule has 15 heavy (non-hydrogen) atoms. The summed E-state index contributed by atoms with van der Waals surface area (Å²) in [5.74, 6) is 1.36. The van der Waals surface area contributed by atoms with Crippen molar-refractivity contribution in [1.29, 1.82) is 0 Å². The quantitative estimate of drug-likeness (QED) is 0.827. The summed E-state index contributed by atoms with van der Waals surface area (Å²) in [6, 6.07) is 3.87. The summed E-state index contributed by atoms with van der Waals surface area (Å²) >= 11 is 3.42. The van der Waals surface area contributed by atoms with Crippen LogP contribution in [0.25, 0.3) is 0 Å². The van der Waals surface area contributed by atoms with Crippen molar-refractivity contribution in [2.45, 2.75) is 40.2 Å².